The van der Waals surface area contributed by atoms with Crippen LogP contribution in [0, 0.1) is 0 Å². The van der Waals surface area contributed by atoms with Gasteiger partial charge in [-0.1, -0.05) is 30.3 Å². The Morgan fingerprint density at radius 1 is 1.32 bits per heavy atom. The largest absolute Gasteiger partial charge is 0.394 e. The lowest BCUT2D eigenvalue weighted by Crippen LogP contribution is -2.48. The second kappa shape index (κ2) is 6.98. The molecule has 0 unspecified atom stereocenters. The molecule has 1 aliphatic rings. The minimum absolute atomic E-state index is 0.112. The van der Waals surface area contributed by atoms with E-state index in [9.17, 15) is 10.2 Å². The predicted molar refractivity (Wildman–Crippen MR) is 68.5 cm³/mol. The number of rotatable bonds is 5. The Morgan fingerprint density at radius 3 is 2.68 bits per heavy atom. The molecule has 2 N–H and O–H groups in total. The van der Waals surface area contributed by atoms with E-state index in [1.165, 1.54) is 7.11 Å². The normalized spacial score (nSPS) is 31.3. The van der Waals surface area contributed by atoms with E-state index in [1.54, 1.807) is 0 Å². The Morgan fingerprint density at radius 2 is 2.05 bits per heavy atom. The maximum atomic E-state index is 10.1. The first-order chi connectivity index (χ1) is 9.26. The highest BCUT2D eigenvalue weighted by Crippen LogP contribution is 2.32. The van der Waals surface area contributed by atoms with Gasteiger partial charge in [-0.05, 0) is 5.56 Å². The first-order valence-corrected chi connectivity index (χ1v) is 6.36. The summed E-state index contributed by atoms with van der Waals surface area (Å²) in [5.41, 5.74) is 1.01. The van der Waals surface area contributed by atoms with Crippen molar-refractivity contribution in [1.82, 2.24) is 0 Å². The minimum Gasteiger partial charge on any atom is -0.394 e. The molecular formula is C14H20O5. The molecule has 0 radical (unpaired) electrons. The molecule has 1 heterocycles. The molecule has 1 aromatic carbocycles. The van der Waals surface area contributed by atoms with E-state index in [0.29, 0.717) is 6.42 Å². The number of benzene rings is 1. The van der Waals surface area contributed by atoms with Gasteiger partial charge in [-0.25, -0.2) is 0 Å². The van der Waals surface area contributed by atoms with E-state index in [0.717, 1.165) is 5.56 Å². The summed E-state index contributed by atoms with van der Waals surface area (Å²) >= 11 is 0. The summed E-state index contributed by atoms with van der Waals surface area (Å²) in [5.74, 6) is 0. The molecule has 5 nitrogen and oxygen atoms in total. The van der Waals surface area contributed by atoms with Crippen LogP contribution >= 0.6 is 0 Å². The molecule has 0 aliphatic carbocycles. The molecule has 4 atom stereocenters. The molecule has 0 spiro atoms. The van der Waals surface area contributed by atoms with Crippen molar-refractivity contribution in [2.45, 2.75) is 30.8 Å². The van der Waals surface area contributed by atoms with Gasteiger partial charge in [0.1, 0.15) is 19.0 Å². The fourth-order valence-corrected chi connectivity index (χ4v) is 2.29. The van der Waals surface area contributed by atoms with E-state index in [-0.39, 0.29) is 19.5 Å². The summed E-state index contributed by atoms with van der Waals surface area (Å²) < 4.78 is 16.1. The van der Waals surface area contributed by atoms with Gasteiger partial charge in [0.25, 0.3) is 0 Å². The standard InChI is InChI=1S/C14H20O5/c1-17-9-18-12-7-11(10-5-3-2-4-6-10)19-13(8-15)14(12)16/h2-6,11-16H,7-9H2,1H3/t11-,12-,13+,14-/m0/s1. The molecular weight excluding hydrogens is 248 g/mol. The Hall–Kier alpha value is -0.980. The summed E-state index contributed by atoms with van der Waals surface area (Å²) in [4.78, 5) is 0. The first kappa shape index (κ1) is 14.4. The molecule has 1 aliphatic heterocycles. The highest BCUT2D eigenvalue weighted by molar-refractivity contribution is 5.18. The van der Waals surface area contributed by atoms with E-state index >= 15 is 0 Å². The Balaban J connectivity index is 2.09. The van der Waals surface area contributed by atoms with Crippen LogP contribution in [0.15, 0.2) is 30.3 Å². The molecule has 0 saturated carbocycles. The molecule has 1 fully saturated rings. The molecule has 0 aromatic heterocycles. The van der Waals surface area contributed by atoms with Gasteiger partial charge in [-0.2, -0.15) is 0 Å². The summed E-state index contributed by atoms with van der Waals surface area (Å²) in [5, 5.41) is 19.4. The number of aliphatic hydroxyl groups excluding tert-OH is 2. The van der Waals surface area contributed by atoms with E-state index < -0.39 is 18.3 Å². The third kappa shape index (κ3) is 3.52. The van der Waals surface area contributed by atoms with Gasteiger partial charge in [-0.3, -0.25) is 0 Å². The molecule has 106 valence electrons. The maximum Gasteiger partial charge on any atom is 0.146 e. The smallest absolute Gasteiger partial charge is 0.146 e. The zero-order chi connectivity index (χ0) is 13.7. The van der Waals surface area contributed by atoms with Crippen molar-refractivity contribution in [3.05, 3.63) is 35.9 Å². The molecule has 2 rings (SSSR count). The molecule has 0 amide bonds. The van der Waals surface area contributed by atoms with Crippen LogP contribution in [-0.2, 0) is 14.2 Å². The van der Waals surface area contributed by atoms with Crippen molar-refractivity contribution in [3.8, 4) is 0 Å². The van der Waals surface area contributed by atoms with Gasteiger partial charge >= 0.3 is 0 Å². The first-order valence-electron chi connectivity index (χ1n) is 6.36. The Labute approximate surface area is 112 Å². The van der Waals surface area contributed by atoms with Crippen molar-refractivity contribution in [2.24, 2.45) is 0 Å². The van der Waals surface area contributed by atoms with E-state index in [4.69, 9.17) is 14.2 Å². The highest BCUT2D eigenvalue weighted by Gasteiger charge is 2.38. The van der Waals surface area contributed by atoms with Crippen LogP contribution in [0.4, 0.5) is 0 Å². The SMILES string of the molecule is COCO[C@H]1C[C@@H](c2ccccc2)O[C@H](CO)[C@H]1O. The van der Waals surface area contributed by atoms with Crippen LogP contribution in [0.1, 0.15) is 18.1 Å². The van der Waals surface area contributed by atoms with Gasteiger partial charge in [-0.15, -0.1) is 0 Å². The molecule has 0 bridgehead atoms. The van der Waals surface area contributed by atoms with Crippen LogP contribution < -0.4 is 0 Å². The van der Waals surface area contributed by atoms with Crippen LogP contribution in [0.25, 0.3) is 0 Å². The van der Waals surface area contributed by atoms with Gasteiger partial charge in [0.15, 0.2) is 0 Å². The highest BCUT2D eigenvalue weighted by atomic mass is 16.7. The molecule has 1 saturated heterocycles. The fourth-order valence-electron chi connectivity index (χ4n) is 2.29. The number of hydrogen-bond acceptors (Lipinski definition) is 5. The minimum atomic E-state index is -0.847. The average molecular weight is 268 g/mol. The van der Waals surface area contributed by atoms with Crippen molar-refractivity contribution in [3.63, 3.8) is 0 Å². The quantitative estimate of drug-likeness (QED) is 0.775. The van der Waals surface area contributed by atoms with Gasteiger partial charge in [0, 0.05) is 13.5 Å². The summed E-state index contributed by atoms with van der Waals surface area (Å²) in [6.07, 6.45) is -1.55. The van der Waals surface area contributed by atoms with Crippen molar-refractivity contribution >= 4 is 0 Å². The number of aliphatic hydroxyl groups is 2. The lowest BCUT2D eigenvalue weighted by atomic mass is 9.94. The number of hydrogen-bond donors (Lipinski definition) is 2. The summed E-state index contributed by atoms with van der Waals surface area (Å²) in [6.45, 7) is -0.126. The van der Waals surface area contributed by atoms with E-state index in [1.807, 2.05) is 30.3 Å². The molecule has 5 heteroatoms. The predicted octanol–water partition coefficient (Wildman–Crippen LogP) is 0.859. The molecule has 1 aromatic rings. The monoisotopic (exact) mass is 268 g/mol. The maximum absolute atomic E-state index is 10.1. The average Bonchev–Trinajstić information content (AvgIpc) is 2.47. The Kier molecular flexibility index (Phi) is 5.30. The summed E-state index contributed by atoms with van der Waals surface area (Å²) in [6, 6.07) is 9.73. The third-order valence-electron chi connectivity index (χ3n) is 3.30. The van der Waals surface area contributed by atoms with E-state index in [2.05, 4.69) is 0 Å². The second-order valence-electron chi connectivity index (χ2n) is 4.59. The van der Waals surface area contributed by atoms with Crippen LogP contribution in [0.5, 0.6) is 0 Å². The lowest BCUT2D eigenvalue weighted by molar-refractivity contribution is -0.213. The zero-order valence-electron chi connectivity index (χ0n) is 10.9. The Bertz CT molecular complexity index is 369. The number of methoxy groups -OCH3 is 1. The van der Waals surface area contributed by atoms with Gasteiger partial charge in [0.05, 0.1) is 18.8 Å². The van der Waals surface area contributed by atoms with Crippen molar-refractivity contribution in [1.29, 1.82) is 0 Å². The molecule has 19 heavy (non-hydrogen) atoms. The number of ether oxygens (including phenoxy) is 3. The van der Waals surface area contributed by atoms with Crippen LogP contribution in [-0.4, -0.2) is 49.0 Å². The topological polar surface area (TPSA) is 68.2 Å². The third-order valence-corrected chi connectivity index (χ3v) is 3.30. The van der Waals surface area contributed by atoms with Crippen molar-refractivity contribution in [2.75, 3.05) is 20.5 Å². The zero-order valence-corrected chi connectivity index (χ0v) is 10.9. The lowest BCUT2D eigenvalue weighted by Gasteiger charge is -2.38. The van der Waals surface area contributed by atoms with Crippen LogP contribution in [0.2, 0.25) is 0 Å². The van der Waals surface area contributed by atoms with Gasteiger partial charge < -0.3 is 24.4 Å². The van der Waals surface area contributed by atoms with Crippen LogP contribution in [0.3, 0.4) is 0 Å². The summed E-state index contributed by atoms with van der Waals surface area (Å²) in [7, 11) is 1.53. The van der Waals surface area contributed by atoms with Crippen molar-refractivity contribution < 1.29 is 24.4 Å². The second-order valence-corrected chi connectivity index (χ2v) is 4.59. The van der Waals surface area contributed by atoms with Gasteiger partial charge in [0.2, 0.25) is 0 Å². The fraction of sp³-hybridized carbons (Fsp3) is 0.571.